The van der Waals surface area contributed by atoms with Gasteiger partial charge in [0.05, 0.1) is 0 Å². The fourth-order valence-electron chi connectivity index (χ4n) is 1.19. The van der Waals surface area contributed by atoms with Crippen molar-refractivity contribution >= 4 is 12.3 Å². The molecule has 1 aromatic carbocycles. The first kappa shape index (κ1) is 11.4. The third-order valence-corrected chi connectivity index (χ3v) is 1.97. The fraction of sp³-hybridized carbons (Fsp3) is 0.273. The Kier molecular flexibility index (Phi) is 4.50. The lowest BCUT2D eigenvalue weighted by atomic mass is 10.2. The molecule has 4 heteroatoms. The Hall–Kier alpha value is -1.68. The zero-order valence-electron chi connectivity index (χ0n) is 8.30. The number of benzene rings is 1. The standard InChI is InChI=1S/C11H13NO3/c13-8-4-7-12(9-14)11(15)10-5-2-1-3-6-10/h1-3,5-6,9,13H,4,7-8H2. The van der Waals surface area contributed by atoms with E-state index in [0.29, 0.717) is 18.4 Å². The average molecular weight is 207 g/mol. The molecule has 1 aromatic rings. The molecule has 0 saturated carbocycles. The zero-order chi connectivity index (χ0) is 11.1. The first-order valence-electron chi connectivity index (χ1n) is 4.71. The van der Waals surface area contributed by atoms with E-state index in [9.17, 15) is 9.59 Å². The highest BCUT2D eigenvalue weighted by Gasteiger charge is 2.13. The molecule has 0 spiro atoms. The van der Waals surface area contributed by atoms with Crippen molar-refractivity contribution < 1.29 is 14.7 Å². The maximum absolute atomic E-state index is 11.7. The molecule has 2 amide bonds. The lowest BCUT2D eigenvalue weighted by Crippen LogP contribution is -2.30. The molecule has 0 aromatic heterocycles. The average Bonchev–Trinajstić information content (AvgIpc) is 2.31. The van der Waals surface area contributed by atoms with E-state index in [1.165, 1.54) is 0 Å². The molecule has 0 heterocycles. The minimum atomic E-state index is -0.334. The van der Waals surface area contributed by atoms with Gasteiger partial charge in [-0.25, -0.2) is 0 Å². The molecule has 0 aliphatic rings. The Morgan fingerprint density at radius 2 is 2.00 bits per heavy atom. The zero-order valence-corrected chi connectivity index (χ0v) is 8.30. The summed E-state index contributed by atoms with van der Waals surface area (Å²) in [7, 11) is 0. The summed E-state index contributed by atoms with van der Waals surface area (Å²) in [5.41, 5.74) is 0.475. The van der Waals surface area contributed by atoms with Crippen molar-refractivity contribution in [3.63, 3.8) is 0 Å². The second kappa shape index (κ2) is 5.93. The van der Waals surface area contributed by atoms with E-state index in [2.05, 4.69) is 0 Å². The summed E-state index contributed by atoms with van der Waals surface area (Å²) in [6, 6.07) is 8.58. The van der Waals surface area contributed by atoms with Gasteiger partial charge >= 0.3 is 0 Å². The summed E-state index contributed by atoms with van der Waals surface area (Å²) in [4.78, 5) is 23.4. The number of hydrogen-bond donors (Lipinski definition) is 1. The van der Waals surface area contributed by atoms with Crippen LogP contribution in [0.3, 0.4) is 0 Å². The molecule has 4 nitrogen and oxygen atoms in total. The van der Waals surface area contributed by atoms with Crippen LogP contribution in [0.25, 0.3) is 0 Å². The number of imide groups is 1. The summed E-state index contributed by atoms with van der Waals surface area (Å²) in [6.45, 7) is 0.208. The van der Waals surface area contributed by atoms with Crippen molar-refractivity contribution in [2.45, 2.75) is 6.42 Å². The van der Waals surface area contributed by atoms with E-state index in [0.717, 1.165) is 4.90 Å². The normalized spacial score (nSPS) is 9.67. The first-order valence-corrected chi connectivity index (χ1v) is 4.71. The largest absolute Gasteiger partial charge is 0.396 e. The molecular weight excluding hydrogens is 194 g/mol. The van der Waals surface area contributed by atoms with Crippen molar-refractivity contribution in [2.24, 2.45) is 0 Å². The molecule has 0 atom stereocenters. The van der Waals surface area contributed by atoms with Crippen LogP contribution in [-0.4, -0.2) is 35.5 Å². The van der Waals surface area contributed by atoms with E-state index in [-0.39, 0.29) is 19.1 Å². The second-order valence-electron chi connectivity index (χ2n) is 3.05. The lowest BCUT2D eigenvalue weighted by molar-refractivity contribution is -0.116. The van der Waals surface area contributed by atoms with Gasteiger partial charge in [-0.05, 0) is 18.6 Å². The SMILES string of the molecule is O=CN(CCCO)C(=O)c1ccccc1. The van der Waals surface area contributed by atoms with Gasteiger partial charge in [0, 0.05) is 18.7 Å². The van der Waals surface area contributed by atoms with Crippen LogP contribution in [0.5, 0.6) is 0 Å². The van der Waals surface area contributed by atoms with Crippen LogP contribution in [0.1, 0.15) is 16.8 Å². The lowest BCUT2D eigenvalue weighted by Gasteiger charge is -2.14. The minimum Gasteiger partial charge on any atom is -0.396 e. The molecule has 0 aliphatic carbocycles. The smallest absolute Gasteiger partial charge is 0.260 e. The summed E-state index contributed by atoms with van der Waals surface area (Å²) in [5.74, 6) is -0.334. The first-order chi connectivity index (χ1) is 7.29. The fourth-order valence-corrected chi connectivity index (χ4v) is 1.19. The number of carbonyl (C=O) groups excluding carboxylic acids is 2. The third-order valence-electron chi connectivity index (χ3n) is 1.97. The number of carbonyl (C=O) groups is 2. The molecule has 0 radical (unpaired) electrons. The van der Waals surface area contributed by atoms with E-state index < -0.39 is 0 Å². The molecule has 0 saturated heterocycles. The van der Waals surface area contributed by atoms with Gasteiger partial charge < -0.3 is 5.11 Å². The Balaban J connectivity index is 2.69. The number of aliphatic hydroxyl groups is 1. The maximum Gasteiger partial charge on any atom is 0.260 e. The quantitative estimate of drug-likeness (QED) is 0.722. The van der Waals surface area contributed by atoms with Crippen LogP contribution in [0.2, 0.25) is 0 Å². The van der Waals surface area contributed by atoms with Crippen molar-refractivity contribution in [2.75, 3.05) is 13.2 Å². The van der Waals surface area contributed by atoms with Crippen molar-refractivity contribution in [3.05, 3.63) is 35.9 Å². The summed E-state index contributed by atoms with van der Waals surface area (Å²) >= 11 is 0. The number of rotatable bonds is 5. The van der Waals surface area contributed by atoms with Gasteiger partial charge in [-0.3, -0.25) is 14.5 Å². The summed E-state index contributed by atoms with van der Waals surface area (Å²) in [6.07, 6.45) is 0.891. The van der Waals surface area contributed by atoms with Crippen LogP contribution in [-0.2, 0) is 4.79 Å². The van der Waals surface area contributed by atoms with Crippen molar-refractivity contribution in [1.29, 1.82) is 0 Å². The molecular formula is C11H13NO3. The van der Waals surface area contributed by atoms with E-state index in [1.54, 1.807) is 30.3 Å². The second-order valence-corrected chi connectivity index (χ2v) is 3.05. The van der Waals surface area contributed by atoms with Crippen LogP contribution in [0.4, 0.5) is 0 Å². The number of nitrogens with zero attached hydrogens (tertiary/aromatic N) is 1. The highest BCUT2D eigenvalue weighted by molar-refractivity contribution is 5.99. The van der Waals surface area contributed by atoms with Gasteiger partial charge in [0.25, 0.3) is 5.91 Å². The minimum absolute atomic E-state index is 0.0353. The molecule has 1 rings (SSSR count). The predicted octanol–water partition coefficient (Wildman–Crippen LogP) is 0.668. The Bertz CT molecular complexity index is 324. The highest BCUT2D eigenvalue weighted by Crippen LogP contribution is 2.03. The molecule has 80 valence electrons. The molecule has 0 aliphatic heterocycles. The molecule has 15 heavy (non-hydrogen) atoms. The van der Waals surface area contributed by atoms with Gasteiger partial charge in [-0.1, -0.05) is 18.2 Å². The van der Waals surface area contributed by atoms with Crippen molar-refractivity contribution in [3.8, 4) is 0 Å². The Morgan fingerprint density at radius 3 is 2.53 bits per heavy atom. The molecule has 1 N–H and O–H groups in total. The Morgan fingerprint density at radius 1 is 1.33 bits per heavy atom. The van der Waals surface area contributed by atoms with E-state index >= 15 is 0 Å². The van der Waals surface area contributed by atoms with Gasteiger partial charge in [0.15, 0.2) is 0 Å². The summed E-state index contributed by atoms with van der Waals surface area (Å²) < 4.78 is 0. The number of aliphatic hydroxyl groups excluding tert-OH is 1. The van der Waals surface area contributed by atoms with E-state index in [1.807, 2.05) is 0 Å². The van der Waals surface area contributed by atoms with Gasteiger partial charge in [0.1, 0.15) is 0 Å². The highest BCUT2D eigenvalue weighted by atomic mass is 16.3. The van der Waals surface area contributed by atoms with Gasteiger partial charge in [-0.2, -0.15) is 0 Å². The van der Waals surface area contributed by atoms with Crippen LogP contribution >= 0.6 is 0 Å². The van der Waals surface area contributed by atoms with Crippen molar-refractivity contribution in [1.82, 2.24) is 4.90 Å². The molecule has 0 bridgehead atoms. The topological polar surface area (TPSA) is 57.6 Å². The number of hydrogen-bond acceptors (Lipinski definition) is 3. The van der Waals surface area contributed by atoms with E-state index in [4.69, 9.17) is 5.11 Å². The maximum atomic E-state index is 11.7. The van der Waals surface area contributed by atoms with Crippen LogP contribution in [0, 0.1) is 0 Å². The van der Waals surface area contributed by atoms with Crippen LogP contribution < -0.4 is 0 Å². The molecule has 0 fully saturated rings. The predicted molar refractivity (Wildman–Crippen MR) is 55.2 cm³/mol. The Labute approximate surface area is 88.1 Å². The third kappa shape index (κ3) is 3.18. The van der Waals surface area contributed by atoms with Gasteiger partial charge in [0.2, 0.25) is 6.41 Å². The van der Waals surface area contributed by atoms with Crippen LogP contribution in [0.15, 0.2) is 30.3 Å². The monoisotopic (exact) mass is 207 g/mol. The molecule has 0 unspecified atom stereocenters. The van der Waals surface area contributed by atoms with Gasteiger partial charge in [-0.15, -0.1) is 0 Å². The number of amides is 2. The summed E-state index contributed by atoms with van der Waals surface area (Å²) in [5, 5.41) is 8.61.